The molecular formula is C2H5O2Zn+. The molecule has 2 N–H and O–H groups in total. The van der Waals surface area contributed by atoms with E-state index >= 15 is 0 Å². The van der Waals surface area contributed by atoms with Crippen molar-refractivity contribution in [2.45, 2.75) is 6.92 Å². The van der Waals surface area contributed by atoms with Gasteiger partial charge in [-0.15, -0.1) is 0 Å². The fourth-order valence-corrected chi connectivity index (χ4v) is 0. The minimum atomic E-state index is -0.583. The molecule has 3 heteroatoms. The molecule has 0 radical (unpaired) electrons. The monoisotopic (exact) mass is 125 g/mol. The summed E-state index contributed by atoms with van der Waals surface area (Å²) in [6.45, 7) is 1.19. The molecule has 0 atom stereocenters. The Morgan fingerprint density at radius 1 is 1.80 bits per heavy atom. The van der Waals surface area contributed by atoms with Crippen molar-refractivity contribution in [2.24, 2.45) is 0 Å². The van der Waals surface area contributed by atoms with E-state index < -0.39 is 5.97 Å². The molecule has 0 saturated carbocycles. The molecule has 2 nitrogen and oxygen atoms in total. The van der Waals surface area contributed by atoms with E-state index in [0.29, 0.717) is 0 Å². The molecule has 0 aromatic carbocycles. The van der Waals surface area contributed by atoms with Gasteiger partial charge in [0.1, 0.15) is 0 Å². The van der Waals surface area contributed by atoms with Crippen LogP contribution in [0, 0.1) is 0 Å². The third-order valence-electron chi connectivity index (χ3n) is 0. The van der Waals surface area contributed by atoms with Crippen LogP contribution in [0.25, 0.3) is 0 Å². The average Bonchev–Trinajstić information content (AvgIpc) is 0.811. The van der Waals surface area contributed by atoms with Crippen molar-refractivity contribution in [3.63, 3.8) is 0 Å². The van der Waals surface area contributed by atoms with Gasteiger partial charge < -0.3 is 9.90 Å². The van der Waals surface area contributed by atoms with Crippen molar-refractivity contribution < 1.29 is 29.4 Å². The second kappa shape index (κ2) is 4.09. The Morgan fingerprint density at radius 3 is 1.80 bits per heavy atom. The third-order valence-corrected chi connectivity index (χ3v) is 0. The van der Waals surface area contributed by atoms with Crippen molar-refractivity contribution in [2.75, 3.05) is 0 Å². The van der Waals surface area contributed by atoms with Crippen molar-refractivity contribution in [3.8, 4) is 0 Å². The Balaban J connectivity index is 0. The van der Waals surface area contributed by atoms with E-state index in [-0.39, 0.29) is 19.5 Å². The Morgan fingerprint density at radius 2 is 1.80 bits per heavy atom. The number of rotatable bonds is 0. The summed E-state index contributed by atoms with van der Waals surface area (Å²) in [5, 5.41) is 7.53. The van der Waals surface area contributed by atoms with Crippen LogP contribution in [0.3, 0.4) is 0 Å². The molecule has 5 heavy (non-hydrogen) atoms. The summed E-state index contributed by atoms with van der Waals surface area (Å²) in [7, 11) is 0. The first-order valence-corrected chi connectivity index (χ1v) is 0.947. The molecule has 0 fully saturated rings. The molecule has 0 amide bonds. The van der Waals surface area contributed by atoms with E-state index in [0.717, 1.165) is 0 Å². The van der Waals surface area contributed by atoms with Crippen LogP contribution >= 0.6 is 0 Å². The molecule has 0 aliphatic carbocycles. The van der Waals surface area contributed by atoms with Crippen LogP contribution in [-0.2, 0) is 19.5 Å². The quantitative estimate of drug-likeness (QED) is 0.362. The van der Waals surface area contributed by atoms with Gasteiger partial charge in [0.15, 0.2) is 0 Å². The first-order valence-electron chi connectivity index (χ1n) is 0.947. The van der Waals surface area contributed by atoms with Gasteiger partial charge in [-0.2, -0.15) is 0 Å². The second-order valence-corrected chi connectivity index (χ2v) is 0.547. The van der Waals surface area contributed by atoms with E-state index in [2.05, 4.69) is 0 Å². The van der Waals surface area contributed by atoms with Gasteiger partial charge >= 0.3 is 5.97 Å². The third kappa shape index (κ3) is 2060. The van der Waals surface area contributed by atoms with Crippen LogP contribution < -0.4 is 0 Å². The summed E-state index contributed by atoms with van der Waals surface area (Å²) in [5.74, 6) is -0.583. The molecule has 0 aromatic rings. The van der Waals surface area contributed by atoms with Gasteiger partial charge in [-0.3, -0.25) is 0 Å². The number of hydrogen-bond donors (Lipinski definition) is 1. The minimum absolute atomic E-state index is 0. The Labute approximate surface area is 42.9 Å². The molecule has 0 aliphatic rings. The van der Waals surface area contributed by atoms with Crippen LogP contribution in [-0.4, -0.2) is 15.9 Å². The van der Waals surface area contributed by atoms with E-state index in [1.54, 1.807) is 0 Å². The van der Waals surface area contributed by atoms with Crippen LogP contribution in [0.4, 0.5) is 0 Å². The maximum atomic E-state index is 7.53. The molecule has 0 spiro atoms. The number of aliphatic carboxylic acids is 1. The number of hydrogen-bond acceptors (Lipinski definition) is 0. The van der Waals surface area contributed by atoms with E-state index in [9.17, 15) is 0 Å². The van der Waals surface area contributed by atoms with Gasteiger partial charge in [-0.25, -0.2) is 0 Å². The first-order chi connectivity index (χ1) is 1.73. The summed E-state index contributed by atoms with van der Waals surface area (Å²) in [5.41, 5.74) is 0. The summed E-state index contributed by atoms with van der Waals surface area (Å²) in [6, 6.07) is 0. The largest absolute Gasteiger partial charge is 0.477 e. The maximum absolute atomic E-state index is 7.53. The summed E-state index contributed by atoms with van der Waals surface area (Å²) in [6.07, 6.45) is 0. The standard InChI is InChI=1S/C2H4O2.Zn/c1-2(3)4;/h1H3,(H,3,4);/p+1. The molecule has 0 aromatic heterocycles. The number of carboxylic acid groups (broad SMARTS) is 1. The van der Waals surface area contributed by atoms with Crippen LogP contribution in [0.5, 0.6) is 0 Å². The van der Waals surface area contributed by atoms with Crippen molar-refractivity contribution in [1.29, 1.82) is 0 Å². The average molecular weight is 126 g/mol. The molecule has 0 unspecified atom stereocenters. The molecule has 26 valence electrons. The topological polar surface area (TPSA) is 41.6 Å². The summed E-state index contributed by atoms with van der Waals surface area (Å²) >= 11 is 0. The normalized spacial score (nSPS) is 5.00. The Kier molecular flexibility index (Phi) is 7.30. The zero-order valence-corrected chi connectivity index (χ0v) is 6.07. The fraction of sp³-hybridized carbons (Fsp3) is 0.500. The van der Waals surface area contributed by atoms with Gasteiger partial charge in [0, 0.05) is 19.5 Å². The predicted octanol–water partition coefficient (Wildman–Crippen LogP) is 0.0642. The number of aliphatic hydroxyl groups excluding tert-OH is 1. The first kappa shape index (κ1) is 8.92. The molecule has 0 bridgehead atoms. The van der Waals surface area contributed by atoms with E-state index in [4.69, 9.17) is 9.90 Å². The zero-order chi connectivity index (χ0) is 3.58. The minimum Gasteiger partial charge on any atom is -0.339 e. The molecular weight excluding hydrogens is 121 g/mol. The predicted molar refractivity (Wildman–Crippen MR) is 15.2 cm³/mol. The Hall–Kier alpha value is 0.0934. The molecule has 0 aliphatic heterocycles. The molecule has 0 saturated heterocycles. The maximum Gasteiger partial charge on any atom is 0.477 e. The number of carboxylic acids is 1. The SMILES string of the molecule is CC(O)=[OH+].[Zn]. The van der Waals surface area contributed by atoms with Gasteiger partial charge in [0.05, 0.1) is 6.92 Å². The van der Waals surface area contributed by atoms with E-state index in [1.807, 2.05) is 0 Å². The van der Waals surface area contributed by atoms with Crippen LogP contribution in [0.15, 0.2) is 0 Å². The van der Waals surface area contributed by atoms with Gasteiger partial charge in [0.25, 0.3) is 0 Å². The van der Waals surface area contributed by atoms with Gasteiger partial charge in [0.2, 0.25) is 0 Å². The second-order valence-electron chi connectivity index (χ2n) is 0.547. The van der Waals surface area contributed by atoms with Gasteiger partial charge in [-0.05, 0) is 0 Å². The van der Waals surface area contributed by atoms with Crippen molar-refractivity contribution in [1.82, 2.24) is 0 Å². The molecule has 0 rings (SSSR count). The Bertz CT molecular complexity index is 30.6. The summed E-state index contributed by atoms with van der Waals surface area (Å²) in [4.78, 5) is 7.53. The fourth-order valence-electron chi connectivity index (χ4n) is 0. The van der Waals surface area contributed by atoms with Gasteiger partial charge in [-0.1, -0.05) is 0 Å². The van der Waals surface area contributed by atoms with Crippen molar-refractivity contribution in [3.05, 3.63) is 0 Å². The smallest absolute Gasteiger partial charge is 0.339 e. The molecule has 0 heterocycles. The zero-order valence-electron chi connectivity index (χ0n) is 3.10. The summed E-state index contributed by atoms with van der Waals surface area (Å²) < 4.78 is 0. The van der Waals surface area contributed by atoms with E-state index in [1.165, 1.54) is 6.92 Å². The van der Waals surface area contributed by atoms with Crippen LogP contribution in [0.1, 0.15) is 6.92 Å². The van der Waals surface area contributed by atoms with Crippen molar-refractivity contribution >= 4 is 5.97 Å². The van der Waals surface area contributed by atoms with Crippen LogP contribution in [0.2, 0.25) is 0 Å².